The zero-order valence-corrected chi connectivity index (χ0v) is 13.8. The molecule has 1 N–H and O–H groups in total. The lowest BCUT2D eigenvalue weighted by atomic mass is 10.2. The number of aryl methyl sites for hydroxylation is 2. The molecular formula is C16H18ClNO2S. The molecule has 0 fully saturated rings. The van der Waals surface area contributed by atoms with Crippen molar-refractivity contribution in [3.63, 3.8) is 0 Å². The fraction of sp³-hybridized carbons (Fsp3) is 0.250. The topological polar surface area (TPSA) is 38.3 Å². The highest BCUT2D eigenvalue weighted by Gasteiger charge is 2.13. The highest BCUT2D eigenvalue weighted by Crippen LogP contribution is 2.27. The van der Waals surface area contributed by atoms with Gasteiger partial charge in [-0.2, -0.15) is 0 Å². The van der Waals surface area contributed by atoms with Gasteiger partial charge in [0.1, 0.15) is 10.6 Å². The molecule has 0 spiro atoms. The number of rotatable bonds is 5. The molecule has 0 saturated heterocycles. The second-order valence-electron chi connectivity index (χ2n) is 4.67. The molecule has 0 heterocycles. The molecule has 0 radical (unpaired) electrons. The quantitative estimate of drug-likeness (QED) is 0.888. The van der Waals surface area contributed by atoms with Gasteiger partial charge in [0, 0.05) is 5.02 Å². The van der Waals surface area contributed by atoms with Crippen molar-refractivity contribution in [1.29, 1.82) is 0 Å². The van der Waals surface area contributed by atoms with E-state index in [-0.39, 0.29) is 0 Å². The lowest BCUT2D eigenvalue weighted by molar-refractivity contribution is 0.404. The summed E-state index contributed by atoms with van der Waals surface area (Å²) in [6.07, 6.45) is 0.879. The number of anilines is 1. The minimum Gasteiger partial charge on any atom is -0.495 e. The third kappa shape index (κ3) is 3.77. The predicted molar refractivity (Wildman–Crippen MR) is 88.6 cm³/mol. The summed E-state index contributed by atoms with van der Waals surface area (Å²) in [4.78, 5) is 0.635. The molecule has 112 valence electrons. The van der Waals surface area contributed by atoms with E-state index in [1.807, 2.05) is 37.3 Å². The number of benzene rings is 2. The SMILES string of the molecule is CCc1ccc(OC)c(S(=O)Nc2cc(Cl)ccc2C)c1. The third-order valence-electron chi connectivity index (χ3n) is 3.24. The van der Waals surface area contributed by atoms with E-state index in [4.69, 9.17) is 16.3 Å². The van der Waals surface area contributed by atoms with Crippen LogP contribution in [0.1, 0.15) is 18.1 Å². The number of nitrogens with one attached hydrogen (secondary N) is 1. The van der Waals surface area contributed by atoms with Gasteiger partial charge in [0.25, 0.3) is 0 Å². The van der Waals surface area contributed by atoms with E-state index < -0.39 is 11.0 Å². The number of ether oxygens (including phenoxy) is 1. The second kappa shape index (κ2) is 6.96. The molecule has 2 aromatic rings. The average molecular weight is 324 g/mol. The molecule has 0 amide bonds. The van der Waals surface area contributed by atoms with E-state index in [1.165, 1.54) is 0 Å². The molecule has 0 aliphatic rings. The minimum atomic E-state index is -1.41. The van der Waals surface area contributed by atoms with E-state index >= 15 is 0 Å². The van der Waals surface area contributed by atoms with E-state index in [0.717, 1.165) is 23.2 Å². The maximum Gasteiger partial charge on any atom is 0.154 e. The first-order valence-corrected chi connectivity index (χ1v) is 8.19. The van der Waals surface area contributed by atoms with Gasteiger partial charge in [-0.25, -0.2) is 4.21 Å². The van der Waals surface area contributed by atoms with Crippen molar-refractivity contribution in [3.8, 4) is 5.75 Å². The van der Waals surface area contributed by atoms with E-state index in [9.17, 15) is 4.21 Å². The monoisotopic (exact) mass is 323 g/mol. The summed E-state index contributed by atoms with van der Waals surface area (Å²) >= 11 is 5.99. The summed E-state index contributed by atoms with van der Waals surface area (Å²) in [6, 6.07) is 11.2. The lowest BCUT2D eigenvalue weighted by Gasteiger charge is -2.13. The first kappa shape index (κ1) is 15.9. The zero-order chi connectivity index (χ0) is 15.4. The van der Waals surface area contributed by atoms with Crippen LogP contribution in [0.15, 0.2) is 41.3 Å². The highest BCUT2D eigenvalue weighted by molar-refractivity contribution is 7.86. The minimum absolute atomic E-state index is 0.606. The largest absolute Gasteiger partial charge is 0.495 e. The van der Waals surface area contributed by atoms with E-state index in [1.54, 1.807) is 13.2 Å². The summed E-state index contributed by atoms with van der Waals surface area (Å²) < 4.78 is 20.9. The molecule has 3 nitrogen and oxygen atoms in total. The first-order valence-electron chi connectivity index (χ1n) is 6.66. The van der Waals surface area contributed by atoms with Crippen molar-refractivity contribution < 1.29 is 8.95 Å². The Labute approximate surface area is 132 Å². The molecule has 5 heteroatoms. The zero-order valence-electron chi connectivity index (χ0n) is 12.3. The number of methoxy groups -OCH3 is 1. The maximum absolute atomic E-state index is 12.6. The van der Waals surface area contributed by atoms with Gasteiger partial charge >= 0.3 is 0 Å². The highest BCUT2D eigenvalue weighted by atomic mass is 35.5. The van der Waals surface area contributed by atoms with Crippen LogP contribution < -0.4 is 9.46 Å². The Morgan fingerprint density at radius 1 is 1.24 bits per heavy atom. The number of halogens is 1. The lowest BCUT2D eigenvalue weighted by Crippen LogP contribution is -2.08. The summed E-state index contributed by atoms with van der Waals surface area (Å²) in [7, 11) is 0.166. The fourth-order valence-electron chi connectivity index (χ4n) is 1.94. The van der Waals surface area contributed by atoms with Crippen LogP contribution in [-0.4, -0.2) is 11.3 Å². The van der Waals surface area contributed by atoms with Crippen molar-refractivity contribution in [2.45, 2.75) is 25.2 Å². The standard InChI is InChI=1S/C16H18ClNO2S/c1-4-12-6-8-15(20-3)16(9-12)21(19)18-14-10-13(17)7-5-11(14)2/h5-10,18H,4H2,1-3H3. The molecule has 0 aromatic heterocycles. The maximum atomic E-state index is 12.6. The first-order chi connectivity index (χ1) is 10.0. The van der Waals surface area contributed by atoms with Crippen LogP contribution in [0.25, 0.3) is 0 Å². The van der Waals surface area contributed by atoms with Gasteiger partial charge in [-0.3, -0.25) is 0 Å². The number of hydrogen-bond donors (Lipinski definition) is 1. The van der Waals surface area contributed by atoms with Gasteiger partial charge in [-0.05, 0) is 48.7 Å². The van der Waals surface area contributed by atoms with Crippen LogP contribution in [0.3, 0.4) is 0 Å². The van der Waals surface area contributed by atoms with Gasteiger partial charge in [0.2, 0.25) is 0 Å². The molecule has 2 aromatic carbocycles. The molecule has 0 saturated carbocycles. The molecule has 0 aliphatic carbocycles. The Hall–Kier alpha value is -1.52. The molecule has 1 unspecified atom stereocenters. The van der Waals surface area contributed by atoms with Gasteiger partial charge in [0.15, 0.2) is 11.0 Å². The average Bonchev–Trinajstić information content (AvgIpc) is 2.50. The van der Waals surface area contributed by atoms with Crippen LogP contribution in [0.4, 0.5) is 5.69 Å². The van der Waals surface area contributed by atoms with Crippen LogP contribution in [0.5, 0.6) is 5.75 Å². The van der Waals surface area contributed by atoms with Gasteiger partial charge < -0.3 is 9.46 Å². The predicted octanol–water partition coefficient (Wildman–Crippen LogP) is 4.35. The molecule has 0 aliphatic heterocycles. The molecule has 2 rings (SSSR count). The van der Waals surface area contributed by atoms with Crippen LogP contribution in [-0.2, 0) is 17.4 Å². The summed E-state index contributed by atoms with van der Waals surface area (Å²) in [5.41, 5.74) is 2.85. The smallest absolute Gasteiger partial charge is 0.154 e. The van der Waals surface area contributed by atoms with Crippen molar-refractivity contribution in [2.75, 3.05) is 11.8 Å². The Morgan fingerprint density at radius 2 is 2.00 bits per heavy atom. The number of hydrogen-bond acceptors (Lipinski definition) is 2. The van der Waals surface area contributed by atoms with E-state index in [2.05, 4.69) is 11.6 Å². The Bertz CT molecular complexity index is 673. The fourth-order valence-corrected chi connectivity index (χ4v) is 3.24. The van der Waals surface area contributed by atoms with Crippen LogP contribution in [0, 0.1) is 6.92 Å². The summed E-state index contributed by atoms with van der Waals surface area (Å²) in [5, 5.41) is 0.606. The molecule has 21 heavy (non-hydrogen) atoms. The Kier molecular flexibility index (Phi) is 5.26. The van der Waals surface area contributed by atoms with Gasteiger partial charge in [-0.15, -0.1) is 0 Å². The normalized spacial score (nSPS) is 12.0. The second-order valence-corrected chi connectivity index (χ2v) is 6.29. The van der Waals surface area contributed by atoms with E-state index in [0.29, 0.717) is 15.7 Å². The third-order valence-corrected chi connectivity index (χ3v) is 4.60. The molecule has 0 bridgehead atoms. The van der Waals surface area contributed by atoms with Gasteiger partial charge in [-0.1, -0.05) is 30.7 Å². The summed E-state index contributed by atoms with van der Waals surface area (Å²) in [6.45, 7) is 4.00. The summed E-state index contributed by atoms with van der Waals surface area (Å²) in [5.74, 6) is 0.609. The van der Waals surface area contributed by atoms with Crippen molar-refractivity contribution in [3.05, 3.63) is 52.5 Å². The Balaban J connectivity index is 2.33. The van der Waals surface area contributed by atoms with Crippen LogP contribution in [0.2, 0.25) is 5.02 Å². The molecule has 1 atom stereocenters. The van der Waals surface area contributed by atoms with Crippen LogP contribution >= 0.6 is 11.6 Å². The van der Waals surface area contributed by atoms with Gasteiger partial charge in [0.05, 0.1) is 12.8 Å². The van der Waals surface area contributed by atoms with Crippen molar-refractivity contribution >= 4 is 28.3 Å². The van der Waals surface area contributed by atoms with Crippen molar-refractivity contribution in [2.24, 2.45) is 0 Å². The Morgan fingerprint density at radius 3 is 2.67 bits per heavy atom. The molecular weight excluding hydrogens is 306 g/mol. The van der Waals surface area contributed by atoms with Crippen molar-refractivity contribution in [1.82, 2.24) is 0 Å².